The van der Waals surface area contributed by atoms with E-state index in [1.165, 1.54) is 0 Å². The van der Waals surface area contributed by atoms with E-state index in [1.54, 1.807) is 13.0 Å². The van der Waals surface area contributed by atoms with Crippen LogP contribution < -0.4 is 0 Å². The lowest BCUT2D eigenvalue weighted by Gasteiger charge is -2.24. The maximum absolute atomic E-state index is 11.6. The van der Waals surface area contributed by atoms with Crippen LogP contribution in [0.3, 0.4) is 0 Å². The molecule has 2 atom stereocenters. The maximum atomic E-state index is 11.6. The van der Waals surface area contributed by atoms with Gasteiger partial charge in [-0.1, -0.05) is 49.1 Å². The maximum Gasteiger partial charge on any atom is 0.336 e. The highest BCUT2D eigenvalue weighted by molar-refractivity contribution is 5.89. The van der Waals surface area contributed by atoms with Gasteiger partial charge < -0.3 is 14.2 Å². The van der Waals surface area contributed by atoms with Crippen LogP contribution in [0.2, 0.25) is 0 Å². The van der Waals surface area contributed by atoms with Gasteiger partial charge in [0.05, 0.1) is 31.5 Å². The molecule has 21 heavy (non-hydrogen) atoms. The minimum atomic E-state index is -0.430. The highest BCUT2D eigenvalue weighted by atomic mass is 16.5. The number of hydrogen-bond donors (Lipinski definition) is 0. The van der Waals surface area contributed by atoms with Crippen molar-refractivity contribution in [3.05, 3.63) is 60.2 Å². The molecule has 1 heterocycles. The summed E-state index contributed by atoms with van der Waals surface area (Å²) in [5.74, 6) is -0.421. The molecule has 0 aromatic heterocycles. The molecule has 112 valence electrons. The normalized spacial score (nSPS) is 21.0. The summed E-state index contributed by atoms with van der Waals surface area (Å²) in [5, 5.41) is 0. The van der Waals surface area contributed by atoms with Crippen molar-refractivity contribution in [1.29, 1.82) is 0 Å². The van der Waals surface area contributed by atoms with E-state index in [2.05, 4.69) is 6.58 Å². The first kappa shape index (κ1) is 15.5. The standard InChI is InChI=1S/C17H20O4/c1-3-19-17(18)13(2)16-10-9-15(12-21-16)20-11-14-7-5-4-6-8-14/h4-10,15-16H,2-3,11-12H2,1H3/t15-,16?/m0/s1. The zero-order valence-corrected chi connectivity index (χ0v) is 12.2. The molecule has 0 N–H and O–H groups in total. The predicted molar refractivity (Wildman–Crippen MR) is 79.7 cm³/mol. The number of esters is 1. The van der Waals surface area contributed by atoms with Crippen LogP contribution in [0.5, 0.6) is 0 Å². The molecule has 0 fully saturated rings. The van der Waals surface area contributed by atoms with Crippen molar-refractivity contribution >= 4 is 5.97 Å². The Morgan fingerprint density at radius 1 is 1.33 bits per heavy atom. The summed E-state index contributed by atoms with van der Waals surface area (Å²) in [6.07, 6.45) is 3.15. The van der Waals surface area contributed by atoms with Crippen LogP contribution in [0.4, 0.5) is 0 Å². The molecule has 4 heteroatoms. The van der Waals surface area contributed by atoms with Crippen LogP contribution in [0.1, 0.15) is 12.5 Å². The fraction of sp³-hybridized carbons (Fsp3) is 0.353. The molecular weight excluding hydrogens is 268 g/mol. The van der Waals surface area contributed by atoms with Crippen LogP contribution in [-0.2, 0) is 25.6 Å². The fourth-order valence-electron chi connectivity index (χ4n) is 1.97. The van der Waals surface area contributed by atoms with Gasteiger partial charge in [-0.05, 0) is 12.5 Å². The molecule has 2 rings (SSSR count). The topological polar surface area (TPSA) is 44.8 Å². The summed E-state index contributed by atoms with van der Waals surface area (Å²) in [7, 11) is 0. The SMILES string of the molecule is C=C(C(=O)OCC)C1C=C[C@H](OCc2ccccc2)CO1. The smallest absolute Gasteiger partial charge is 0.336 e. The Kier molecular flexibility index (Phi) is 5.72. The summed E-state index contributed by atoms with van der Waals surface area (Å²) >= 11 is 0. The molecule has 1 unspecified atom stereocenters. The number of benzene rings is 1. The second-order valence-electron chi connectivity index (χ2n) is 4.72. The van der Waals surface area contributed by atoms with Crippen molar-refractivity contribution in [1.82, 2.24) is 0 Å². The second-order valence-corrected chi connectivity index (χ2v) is 4.72. The van der Waals surface area contributed by atoms with E-state index in [0.717, 1.165) is 5.56 Å². The molecule has 4 nitrogen and oxygen atoms in total. The zero-order valence-electron chi connectivity index (χ0n) is 12.2. The number of carbonyl (C=O) groups excluding carboxylic acids is 1. The molecule has 0 radical (unpaired) electrons. The lowest BCUT2D eigenvalue weighted by Crippen LogP contribution is -2.30. The van der Waals surface area contributed by atoms with Crippen molar-refractivity contribution in [3.8, 4) is 0 Å². The molecule has 1 aliphatic heterocycles. The van der Waals surface area contributed by atoms with Crippen molar-refractivity contribution in [2.45, 2.75) is 25.7 Å². The number of hydrogen-bond acceptors (Lipinski definition) is 4. The van der Waals surface area contributed by atoms with Gasteiger partial charge in [-0.15, -0.1) is 0 Å². The Morgan fingerprint density at radius 2 is 2.10 bits per heavy atom. The first-order valence-electron chi connectivity index (χ1n) is 7.02. The number of ether oxygens (including phenoxy) is 3. The quantitative estimate of drug-likeness (QED) is 0.458. The molecule has 0 spiro atoms. The Bertz CT molecular complexity index is 507. The molecule has 1 aliphatic rings. The van der Waals surface area contributed by atoms with Crippen molar-refractivity contribution in [2.75, 3.05) is 13.2 Å². The lowest BCUT2D eigenvalue weighted by molar-refractivity contribution is -0.140. The van der Waals surface area contributed by atoms with Crippen LogP contribution >= 0.6 is 0 Å². The third-order valence-electron chi connectivity index (χ3n) is 3.13. The van der Waals surface area contributed by atoms with Gasteiger partial charge >= 0.3 is 5.97 Å². The van der Waals surface area contributed by atoms with Crippen molar-refractivity contribution in [3.63, 3.8) is 0 Å². The highest BCUT2D eigenvalue weighted by Crippen LogP contribution is 2.16. The van der Waals surface area contributed by atoms with E-state index in [0.29, 0.717) is 25.4 Å². The molecule has 0 saturated heterocycles. The first-order chi connectivity index (χ1) is 10.2. The van der Waals surface area contributed by atoms with Crippen LogP contribution in [0.15, 0.2) is 54.6 Å². The van der Waals surface area contributed by atoms with Gasteiger partial charge in [-0.2, -0.15) is 0 Å². The van der Waals surface area contributed by atoms with E-state index in [1.807, 2.05) is 36.4 Å². The Hall–Kier alpha value is -1.91. The summed E-state index contributed by atoms with van der Waals surface area (Å²) in [6.45, 7) is 6.74. The molecule has 1 aromatic carbocycles. The Labute approximate surface area is 125 Å². The number of rotatable bonds is 6. The van der Waals surface area contributed by atoms with Gasteiger partial charge in [-0.25, -0.2) is 4.79 Å². The van der Waals surface area contributed by atoms with Gasteiger partial charge in [-0.3, -0.25) is 0 Å². The minimum Gasteiger partial charge on any atom is -0.463 e. The second kappa shape index (κ2) is 7.76. The molecule has 0 saturated carbocycles. The summed E-state index contributed by atoms with van der Waals surface area (Å²) in [5.41, 5.74) is 1.43. The van der Waals surface area contributed by atoms with Gasteiger partial charge in [0.15, 0.2) is 0 Å². The van der Waals surface area contributed by atoms with E-state index >= 15 is 0 Å². The van der Waals surface area contributed by atoms with E-state index < -0.39 is 12.1 Å². The third kappa shape index (κ3) is 4.55. The zero-order chi connectivity index (χ0) is 15.1. The third-order valence-corrected chi connectivity index (χ3v) is 3.13. The van der Waals surface area contributed by atoms with Gasteiger partial charge in [0.1, 0.15) is 6.10 Å². The average Bonchev–Trinajstić information content (AvgIpc) is 2.54. The minimum absolute atomic E-state index is 0.114. The summed E-state index contributed by atoms with van der Waals surface area (Å²) in [4.78, 5) is 11.6. The van der Waals surface area contributed by atoms with Gasteiger partial charge in [0, 0.05) is 0 Å². The van der Waals surface area contributed by atoms with Gasteiger partial charge in [0.2, 0.25) is 0 Å². The first-order valence-corrected chi connectivity index (χ1v) is 7.02. The van der Waals surface area contributed by atoms with E-state index in [9.17, 15) is 4.79 Å². The fourth-order valence-corrected chi connectivity index (χ4v) is 1.97. The Morgan fingerprint density at radius 3 is 2.71 bits per heavy atom. The Balaban J connectivity index is 1.82. The summed E-state index contributed by atoms with van der Waals surface area (Å²) in [6, 6.07) is 9.95. The molecule has 0 aliphatic carbocycles. The van der Waals surface area contributed by atoms with Crippen LogP contribution in [0.25, 0.3) is 0 Å². The molecule has 1 aromatic rings. The summed E-state index contributed by atoms with van der Waals surface area (Å²) < 4.78 is 16.2. The van der Waals surface area contributed by atoms with Crippen molar-refractivity contribution < 1.29 is 19.0 Å². The monoisotopic (exact) mass is 288 g/mol. The van der Waals surface area contributed by atoms with Gasteiger partial charge in [0.25, 0.3) is 0 Å². The van der Waals surface area contributed by atoms with E-state index in [4.69, 9.17) is 14.2 Å². The van der Waals surface area contributed by atoms with Crippen LogP contribution in [-0.4, -0.2) is 31.4 Å². The predicted octanol–water partition coefficient (Wildman–Crippen LogP) is 2.65. The average molecular weight is 288 g/mol. The largest absolute Gasteiger partial charge is 0.463 e. The molecular formula is C17H20O4. The number of carbonyl (C=O) groups is 1. The van der Waals surface area contributed by atoms with E-state index in [-0.39, 0.29) is 6.10 Å². The molecule has 0 amide bonds. The van der Waals surface area contributed by atoms with Crippen molar-refractivity contribution in [2.24, 2.45) is 0 Å². The highest BCUT2D eigenvalue weighted by Gasteiger charge is 2.23. The lowest BCUT2D eigenvalue weighted by atomic mass is 10.1. The van der Waals surface area contributed by atoms with Crippen LogP contribution in [0, 0.1) is 0 Å². The molecule has 0 bridgehead atoms.